The van der Waals surface area contributed by atoms with Crippen molar-refractivity contribution < 1.29 is 9.53 Å². The maximum absolute atomic E-state index is 11.6. The number of hydrogen-bond donors (Lipinski definition) is 1. The lowest BCUT2D eigenvalue weighted by molar-refractivity contribution is 0.0987. The van der Waals surface area contributed by atoms with Gasteiger partial charge in [-0.25, -0.2) is 4.98 Å². The highest BCUT2D eigenvalue weighted by Crippen LogP contribution is 2.15. The lowest BCUT2D eigenvalue weighted by Gasteiger charge is -2.07. The predicted molar refractivity (Wildman–Crippen MR) is 73.5 cm³/mol. The fraction of sp³-hybridized carbons (Fsp3) is 0.333. The standard InChI is InChI=1S/C15H18N2O2/c1-2-15(18)12-5-3-7-14(9-12)19-8-4-6-13-10-16-11-17-13/h3,5,7,9-11H,2,4,6,8H2,1H3,(H,16,17). The third-order valence-electron chi connectivity index (χ3n) is 2.89. The van der Waals surface area contributed by atoms with Crippen LogP contribution in [-0.2, 0) is 6.42 Å². The number of Topliss-reactive ketones (excluding diaryl/α,β-unsaturated/α-hetero) is 1. The molecule has 19 heavy (non-hydrogen) atoms. The second kappa shape index (κ2) is 6.73. The van der Waals surface area contributed by atoms with Gasteiger partial charge in [0.15, 0.2) is 5.78 Å². The van der Waals surface area contributed by atoms with Crippen molar-refractivity contribution >= 4 is 5.78 Å². The van der Waals surface area contributed by atoms with Crippen LogP contribution in [0.15, 0.2) is 36.8 Å². The SMILES string of the molecule is CCC(=O)c1cccc(OCCCc2cnc[nH]2)c1. The van der Waals surface area contributed by atoms with Crippen LogP contribution in [0.5, 0.6) is 5.75 Å². The Balaban J connectivity index is 1.81. The molecule has 4 heteroatoms. The summed E-state index contributed by atoms with van der Waals surface area (Å²) in [6.45, 7) is 2.49. The van der Waals surface area contributed by atoms with Gasteiger partial charge in [-0.3, -0.25) is 4.79 Å². The molecule has 0 unspecified atom stereocenters. The van der Waals surface area contributed by atoms with Crippen molar-refractivity contribution in [3.05, 3.63) is 48.0 Å². The van der Waals surface area contributed by atoms with Crippen molar-refractivity contribution in [2.75, 3.05) is 6.61 Å². The molecule has 0 amide bonds. The number of aromatic amines is 1. The number of ether oxygens (including phenoxy) is 1. The number of nitrogens with zero attached hydrogens (tertiary/aromatic N) is 1. The Labute approximate surface area is 112 Å². The monoisotopic (exact) mass is 258 g/mol. The first-order chi connectivity index (χ1) is 9.29. The lowest BCUT2D eigenvalue weighted by Crippen LogP contribution is -2.01. The van der Waals surface area contributed by atoms with Crippen LogP contribution in [0.1, 0.15) is 35.8 Å². The van der Waals surface area contributed by atoms with Gasteiger partial charge in [-0.1, -0.05) is 19.1 Å². The number of nitrogens with one attached hydrogen (secondary N) is 1. The minimum absolute atomic E-state index is 0.142. The molecule has 2 aromatic rings. The Hall–Kier alpha value is -2.10. The van der Waals surface area contributed by atoms with Gasteiger partial charge in [0.05, 0.1) is 12.9 Å². The summed E-state index contributed by atoms with van der Waals surface area (Å²) in [5.74, 6) is 0.895. The molecular formula is C15H18N2O2. The van der Waals surface area contributed by atoms with Crippen molar-refractivity contribution in [2.45, 2.75) is 26.2 Å². The first-order valence-corrected chi connectivity index (χ1v) is 6.53. The average molecular weight is 258 g/mol. The molecule has 0 saturated heterocycles. The minimum atomic E-state index is 0.142. The second-order valence-corrected chi connectivity index (χ2v) is 4.33. The molecule has 0 fully saturated rings. The number of carbonyl (C=O) groups is 1. The van der Waals surface area contributed by atoms with Gasteiger partial charge in [-0.05, 0) is 25.0 Å². The third kappa shape index (κ3) is 3.95. The van der Waals surface area contributed by atoms with E-state index in [9.17, 15) is 4.79 Å². The van der Waals surface area contributed by atoms with Gasteiger partial charge < -0.3 is 9.72 Å². The molecule has 100 valence electrons. The number of ketones is 1. The van der Waals surface area contributed by atoms with E-state index in [1.807, 2.05) is 37.4 Å². The number of hydrogen-bond acceptors (Lipinski definition) is 3. The van der Waals surface area contributed by atoms with Gasteiger partial charge >= 0.3 is 0 Å². The predicted octanol–water partition coefficient (Wildman–Crippen LogP) is 3.01. The van der Waals surface area contributed by atoms with Crippen LogP contribution >= 0.6 is 0 Å². The number of imidazole rings is 1. The smallest absolute Gasteiger partial charge is 0.162 e. The zero-order chi connectivity index (χ0) is 13.5. The summed E-state index contributed by atoms with van der Waals surface area (Å²) in [5.41, 5.74) is 1.83. The van der Waals surface area contributed by atoms with E-state index >= 15 is 0 Å². The molecular weight excluding hydrogens is 240 g/mol. The number of carbonyl (C=O) groups excluding carboxylic acids is 1. The van der Waals surface area contributed by atoms with Crippen molar-refractivity contribution in [1.82, 2.24) is 9.97 Å². The van der Waals surface area contributed by atoms with Crippen molar-refractivity contribution in [3.8, 4) is 5.75 Å². The number of aromatic nitrogens is 2. The third-order valence-corrected chi connectivity index (χ3v) is 2.89. The van der Waals surface area contributed by atoms with Crippen molar-refractivity contribution in [2.24, 2.45) is 0 Å². The van der Waals surface area contributed by atoms with Gasteiger partial charge in [0.2, 0.25) is 0 Å². The molecule has 1 heterocycles. The number of H-pyrrole nitrogens is 1. The second-order valence-electron chi connectivity index (χ2n) is 4.33. The van der Waals surface area contributed by atoms with Gasteiger partial charge in [0, 0.05) is 23.9 Å². The molecule has 2 rings (SSSR count). The Morgan fingerprint density at radius 2 is 2.32 bits per heavy atom. The van der Waals surface area contributed by atoms with E-state index in [-0.39, 0.29) is 5.78 Å². The Bertz CT molecular complexity index is 521. The first-order valence-electron chi connectivity index (χ1n) is 6.53. The summed E-state index contributed by atoms with van der Waals surface area (Å²) in [5, 5.41) is 0. The number of aryl methyl sites for hydroxylation is 1. The quantitative estimate of drug-likeness (QED) is 0.613. The Morgan fingerprint density at radius 1 is 1.42 bits per heavy atom. The highest BCUT2D eigenvalue weighted by molar-refractivity contribution is 5.96. The number of benzene rings is 1. The zero-order valence-corrected chi connectivity index (χ0v) is 11.1. The van der Waals surface area contributed by atoms with E-state index in [2.05, 4.69) is 9.97 Å². The molecule has 0 radical (unpaired) electrons. The molecule has 4 nitrogen and oxygen atoms in total. The van der Waals surface area contributed by atoms with Crippen LogP contribution in [0, 0.1) is 0 Å². The van der Waals surface area contributed by atoms with E-state index < -0.39 is 0 Å². The van der Waals surface area contributed by atoms with Crippen LogP contribution in [0.25, 0.3) is 0 Å². The fourth-order valence-electron chi connectivity index (χ4n) is 1.84. The van der Waals surface area contributed by atoms with Crippen LogP contribution in [0.3, 0.4) is 0 Å². The highest BCUT2D eigenvalue weighted by Gasteiger charge is 2.04. The lowest BCUT2D eigenvalue weighted by atomic mass is 10.1. The number of rotatable bonds is 7. The summed E-state index contributed by atoms with van der Waals surface area (Å²) in [6, 6.07) is 7.36. The molecule has 0 spiro atoms. The van der Waals surface area contributed by atoms with Crippen LogP contribution in [-0.4, -0.2) is 22.4 Å². The molecule has 1 aromatic carbocycles. The van der Waals surface area contributed by atoms with Crippen molar-refractivity contribution in [3.63, 3.8) is 0 Å². The molecule has 0 bridgehead atoms. The van der Waals surface area contributed by atoms with Gasteiger partial charge in [0.25, 0.3) is 0 Å². The van der Waals surface area contributed by atoms with Crippen molar-refractivity contribution in [1.29, 1.82) is 0 Å². The molecule has 0 saturated carbocycles. The maximum atomic E-state index is 11.6. The minimum Gasteiger partial charge on any atom is -0.494 e. The van der Waals surface area contributed by atoms with Gasteiger partial charge in [-0.15, -0.1) is 0 Å². The van der Waals surface area contributed by atoms with E-state index in [1.165, 1.54) is 0 Å². The topological polar surface area (TPSA) is 55.0 Å². The van der Waals surface area contributed by atoms with Crippen LogP contribution < -0.4 is 4.74 Å². The zero-order valence-electron chi connectivity index (χ0n) is 11.1. The summed E-state index contributed by atoms with van der Waals surface area (Å²) in [4.78, 5) is 18.6. The molecule has 1 aromatic heterocycles. The van der Waals surface area contributed by atoms with E-state index in [0.29, 0.717) is 18.6 Å². The molecule has 1 N–H and O–H groups in total. The summed E-state index contributed by atoms with van der Waals surface area (Å²) < 4.78 is 5.65. The van der Waals surface area contributed by atoms with Crippen LogP contribution in [0.4, 0.5) is 0 Å². The van der Waals surface area contributed by atoms with E-state index in [1.54, 1.807) is 6.33 Å². The van der Waals surface area contributed by atoms with Crippen LogP contribution in [0.2, 0.25) is 0 Å². The summed E-state index contributed by atoms with van der Waals surface area (Å²) >= 11 is 0. The highest BCUT2D eigenvalue weighted by atomic mass is 16.5. The maximum Gasteiger partial charge on any atom is 0.162 e. The summed E-state index contributed by atoms with van der Waals surface area (Å²) in [7, 11) is 0. The Morgan fingerprint density at radius 3 is 3.05 bits per heavy atom. The molecule has 0 aliphatic heterocycles. The van der Waals surface area contributed by atoms with E-state index in [4.69, 9.17) is 4.74 Å². The van der Waals surface area contributed by atoms with E-state index in [0.717, 1.165) is 24.3 Å². The fourth-order valence-corrected chi connectivity index (χ4v) is 1.84. The van der Waals surface area contributed by atoms with Gasteiger partial charge in [0.1, 0.15) is 5.75 Å². The summed E-state index contributed by atoms with van der Waals surface area (Å²) in [6.07, 6.45) is 5.83. The normalized spacial score (nSPS) is 10.4. The molecule has 0 aliphatic rings. The average Bonchev–Trinajstić information content (AvgIpc) is 2.96. The molecule has 0 aliphatic carbocycles. The first kappa shape index (κ1) is 13.3. The Kier molecular flexibility index (Phi) is 4.72. The van der Waals surface area contributed by atoms with Gasteiger partial charge in [-0.2, -0.15) is 0 Å². The molecule has 0 atom stereocenters. The largest absolute Gasteiger partial charge is 0.494 e.